The summed E-state index contributed by atoms with van der Waals surface area (Å²) in [7, 11) is 0. The van der Waals surface area contributed by atoms with Crippen molar-refractivity contribution in [2.24, 2.45) is 5.73 Å². The minimum atomic E-state index is -0.988. The number of carboxylic acids is 1. The Bertz CT molecular complexity index is 357. The van der Waals surface area contributed by atoms with Gasteiger partial charge in [0.2, 0.25) is 0 Å². The summed E-state index contributed by atoms with van der Waals surface area (Å²) in [4.78, 5) is 10.4. The first-order chi connectivity index (χ1) is 7.61. The van der Waals surface area contributed by atoms with Crippen molar-refractivity contribution < 1.29 is 14.6 Å². The van der Waals surface area contributed by atoms with Crippen LogP contribution in [0.1, 0.15) is 12.8 Å². The van der Waals surface area contributed by atoms with Crippen molar-refractivity contribution in [3.63, 3.8) is 0 Å². The SMILES string of the molecule is NC(CCCOc1ccccc1Cl)C(=O)O. The second kappa shape index (κ2) is 6.35. The van der Waals surface area contributed by atoms with E-state index < -0.39 is 12.0 Å². The molecule has 0 fully saturated rings. The first-order valence-electron chi connectivity index (χ1n) is 4.97. The van der Waals surface area contributed by atoms with Gasteiger partial charge in [0.05, 0.1) is 11.6 Å². The third kappa shape index (κ3) is 4.08. The normalized spacial score (nSPS) is 12.1. The Morgan fingerprint density at radius 2 is 2.19 bits per heavy atom. The summed E-state index contributed by atoms with van der Waals surface area (Å²) in [5, 5.41) is 9.10. The van der Waals surface area contributed by atoms with Gasteiger partial charge in [-0.2, -0.15) is 0 Å². The van der Waals surface area contributed by atoms with Crippen LogP contribution in [0.4, 0.5) is 0 Å². The zero-order valence-corrected chi connectivity index (χ0v) is 9.48. The summed E-state index contributed by atoms with van der Waals surface area (Å²) in [5.41, 5.74) is 5.34. The largest absolute Gasteiger partial charge is 0.492 e. The van der Waals surface area contributed by atoms with Gasteiger partial charge in [-0.05, 0) is 25.0 Å². The van der Waals surface area contributed by atoms with E-state index in [0.717, 1.165) is 0 Å². The number of aliphatic carboxylic acids is 1. The highest BCUT2D eigenvalue weighted by Crippen LogP contribution is 2.23. The number of rotatable bonds is 6. The number of para-hydroxylation sites is 1. The maximum Gasteiger partial charge on any atom is 0.320 e. The number of hydrogen-bond acceptors (Lipinski definition) is 3. The lowest BCUT2D eigenvalue weighted by molar-refractivity contribution is -0.138. The van der Waals surface area contributed by atoms with E-state index in [1.165, 1.54) is 0 Å². The average molecular weight is 244 g/mol. The number of halogens is 1. The van der Waals surface area contributed by atoms with Gasteiger partial charge in [0.25, 0.3) is 0 Å². The number of hydrogen-bond donors (Lipinski definition) is 2. The number of benzene rings is 1. The molecule has 1 rings (SSSR count). The van der Waals surface area contributed by atoms with Crippen LogP contribution in [0.25, 0.3) is 0 Å². The zero-order chi connectivity index (χ0) is 12.0. The van der Waals surface area contributed by atoms with Crippen LogP contribution >= 0.6 is 11.6 Å². The molecule has 0 saturated carbocycles. The minimum absolute atomic E-state index is 0.389. The molecule has 0 aliphatic heterocycles. The van der Waals surface area contributed by atoms with Crippen molar-refractivity contribution in [1.82, 2.24) is 0 Å². The van der Waals surface area contributed by atoms with Crippen LogP contribution in [-0.2, 0) is 4.79 Å². The molecule has 3 N–H and O–H groups in total. The molecular formula is C11H14ClNO3. The molecule has 0 amide bonds. The summed E-state index contributed by atoms with van der Waals surface area (Å²) in [6.07, 6.45) is 0.971. The molecule has 1 unspecified atom stereocenters. The van der Waals surface area contributed by atoms with Gasteiger partial charge in [0.1, 0.15) is 11.8 Å². The van der Waals surface area contributed by atoms with Crippen molar-refractivity contribution in [1.29, 1.82) is 0 Å². The molecule has 0 saturated heterocycles. The van der Waals surface area contributed by atoms with E-state index >= 15 is 0 Å². The molecule has 16 heavy (non-hydrogen) atoms. The van der Waals surface area contributed by atoms with E-state index in [1.807, 2.05) is 12.1 Å². The van der Waals surface area contributed by atoms with Crippen LogP contribution in [0.3, 0.4) is 0 Å². The van der Waals surface area contributed by atoms with Crippen molar-refractivity contribution in [2.75, 3.05) is 6.61 Å². The predicted molar refractivity (Wildman–Crippen MR) is 61.8 cm³/mol. The molecule has 0 aromatic heterocycles. The summed E-state index contributed by atoms with van der Waals surface area (Å²) in [5.74, 6) is -0.384. The van der Waals surface area contributed by atoms with Gasteiger partial charge < -0.3 is 15.6 Å². The van der Waals surface area contributed by atoms with Crippen molar-refractivity contribution in [3.05, 3.63) is 29.3 Å². The third-order valence-electron chi connectivity index (χ3n) is 2.07. The molecule has 0 aliphatic carbocycles. The van der Waals surface area contributed by atoms with E-state index in [1.54, 1.807) is 12.1 Å². The Kier molecular flexibility index (Phi) is 5.08. The van der Waals surface area contributed by atoms with Crippen LogP contribution in [0.5, 0.6) is 5.75 Å². The number of nitrogens with two attached hydrogens (primary N) is 1. The smallest absolute Gasteiger partial charge is 0.320 e. The van der Waals surface area contributed by atoms with Crippen LogP contribution in [0.2, 0.25) is 5.02 Å². The van der Waals surface area contributed by atoms with Crippen LogP contribution in [-0.4, -0.2) is 23.7 Å². The maximum absolute atomic E-state index is 10.4. The molecule has 0 bridgehead atoms. The summed E-state index contributed by atoms with van der Waals surface area (Å²) in [6, 6.07) is 6.31. The first-order valence-corrected chi connectivity index (χ1v) is 5.35. The van der Waals surface area contributed by atoms with Gasteiger partial charge in [-0.1, -0.05) is 23.7 Å². The molecule has 4 nitrogen and oxygen atoms in total. The lowest BCUT2D eigenvalue weighted by Crippen LogP contribution is -2.30. The van der Waals surface area contributed by atoms with Gasteiger partial charge in [0, 0.05) is 0 Å². The molecule has 1 aromatic rings. The average Bonchev–Trinajstić information content (AvgIpc) is 2.26. The van der Waals surface area contributed by atoms with E-state index in [9.17, 15) is 4.79 Å². The van der Waals surface area contributed by atoms with Gasteiger partial charge in [-0.3, -0.25) is 4.79 Å². The Morgan fingerprint density at radius 3 is 2.81 bits per heavy atom. The van der Waals surface area contributed by atoms with E-state index in [-0.39, 0.29) is 0 Å². The standard InChI is InChI=1S/C11H14ClNO3/c12-8-4-1-2-6-10(8)16-7-3-5-9(13)11(14)15/h1-2,4,6,9H,3,5,7,13H2,(H,14,15). The fourth-order valence-electron chi connectivity index (χ4n) is 1.17. The molecule has 0 radical (unpaired) electrons. The molecule has 0 aliphatic rings. The molecular weight excluding hydrogens is 230 g/mol. The highest BCUT2D eigenvalue weighted by molar-refractivity contribution is 6.32. The molecule has 1 aromatic carbocycles. The fraction of sp³-hybridized carbons (Fsp3) is 0.364. The highest BCUT2D eigenvalue weighted by Gasteiger charge is 2.10. The minimum Gasteiger partial charge on any atom is -0.492 e. The van der Waals surface area contributed by atoms with Crippen molar-refractivity contribution in [2.45, 2.75) is 18.9 Å². The molecule has 0 spiro atoms. The molecule has 1 atom stereocenters. The second-order valence-corrected chi connectivity index (χ2v) is 3.77. The fourth-order valence-corrected chi connectivity index (χ4v) is 1.36. The van der Waals surface area contributed by atoms with Gasteiger partial charge in [-0.15, -0.1) is 0 Å². The lowest BCUT2D eigenvalue weighted by Gasteiger charge is -2.09. The van der Waals surface area contributed by atoms with Crippen molar-refractivity contribution in [3.8, 4) is 5.75 Å². The lowest BCUT2D eigenvalue weighted by atomic mass is 10.2. The van der Waals surface area contributed by atoms with Crippen LogP contribution < -0.4 is 10.5 Å². The number of carboxylic acid groups (broad SMARTS) is 1. The van der Waals surface area contributed by atoms with Crippen molar-refractivity contribution >= 4 is 17.6 Å². The monoisotopic (exact) mass is 243 g/mol. The third-order valence-corrected chi connectivity index (χ3v) is 2.38. The summed E-state index contributed by atoms with van der Waals surface area (Å²) in [6.45, 7) is 0.407. The summed E-state index contributed by atoms with van der Waals surface area (Å²) >= 11 is 5.87. The predicted octanol–water partition coefficient (Wildman–Crippen LogP) is 1.91. The van der Waals surface area contributed by atoms with Gasteiger partial charge in [0.15, 0.2) is 0 Å². The maximum atomic E-state index is 10.4. The summed E-state index contributed by atoms with van der Waals surface area (Å²) < 4.78 is 5.39. The number of ether oxygens (including phenoxy) is 1. The van der Waals surface area contributed by atoms with Gasteiger partial charge >= 0.3 is 5.97 Å². The Labute approximate surface area is 99.0 Å². The zero-order valence-electron chi connectivity index (χ0n) is 8.73. The molecule has 88 valence electrons. The Hall–Kier alpha value is -1.26. The van der Waals surface area contributed by atoms with Gasteiger partial charge in [-0.25, -0.2) is 0 Å². The van der Waals surface area contributed by atoms with Crippen LogP contribution in [0.15, 0.2) is 24.3 Å². The molecule has 5 heteroatoms. The second-order valence-electron chi connectivity index (χ2n) is 3.37. The first kappa shape index (κ1) is 12.8. The topological polar surface area (TPSA) is 72.5 Å². The quantitative estimate of drug-likeness (QED) is 0.749. The van der Waals surface area contributed by atoms with Crippen LogP contribution in [0, 0.1) is 0 Å². The number of carbonyl (C=O) groups is 1. The van der Waals surface area contributed by atoms with E-state index in [0.29, 0.717) is 30.2 Å². The van der Waals surface area contributed by atoms with E-state index in [2.05, 4.69) is 0 Å². The van der Waals surface area contributed by atoms with E-state index in [4.69, 9.17) is 27.2 Å². The Morgan fingerprint density at radius 1 is 1.50 bits per heavy atom. The Balaban J connectivity index is 2.26. The molecule has 0 heterocycles. The highest BCUT2D eigenvalue weighted by atomic mass is 35.5.